The zero-order chi connectivity index (χ0) is 45.7. The monoisotopic (exact) mass is 921 g/mol. The molecule has 1 amide bonds. The van der Waals surface area contributed by atoms with E-state index in [9.17, 15) is 26.4 Å². The number of carbonyl (C=O) groups is 1. The standard InChI is InChI=1S/C24H29NO5S.C21H24N2O5S.C2H6S/c1-5-30-18-7-8-20-19(15-18)24(12-10-16(2)11-13-24)23(26)25(20)31(27,28)22-9-6-17(3)14-21(22)29-4;1-27-16-12-13-20(19(14-16)28-2)29(25,26)23-18-11-7-6-10-17(18)22(21(23)24)15-8-4-3-5-9-15;1-3-2/h6-9,14-16H,5,10-13H2,1-4H3;6-7,10-15H,3-5,8-9H2,1-2H3;1-2H3. The van der Waals surface area contributed by atoms with Crippen molar-refractivity contribution in [3.05, 3.63) is 100 Å². The van der Waals surface area contributed by atoms with Crippen molar-refractivity contribution in [1.29, 1.82) is 0 Å². The second-order valence-electron chi connectivity index (χ2n) is 16.2. The molecule has 2 saturated carbocycles. The van der Waals surface area contributed by atoms with Crippen molar-refractivity contribution in [1.82, 2.24) is 8.54 Å². The minimum atomic E-state index is -4.18. The molecule has 0 atom stereocenters. The Hall–Kier alpha value is -4.93. The molecule has 3 aliphatic rings. The Kier molecular flexibility index (Phi) is 15.0. The van der Waals surface area contributed by atoms with Crippen molar-refractivity contribution in [2.24, 2.45) is 5.92 Å². The van der Waals surface area contributed by atoms with E-state index < -0.39 is 31.2 Å². The molecule has 2 aliphatic carbocycles. The highest BCUT2D eigenvalue weighted by Crippen LogP contribution is 2.54. The molecule has 4 aromatic carbocycles. The molecule has 2 fully saturated rings. The van der Waals surface area contributed by atoms with Crippen LogP contribution in [0.5, 0.6) is 23.0 Å². The number of aromatic nitrogens is 2. The van der Waals surface area contributed by atoms with Gasteiger partial charge in [0.2, 0.25) is 0 Å². The lowest BCUT2D eigenvalue weighted by molar-refractivity contribution is -0.123. The Balaban J connectivity index is 0.000000198. The fraction of sp³-hybridized carbons (Fsp3) is 0.447. The lowest BCUT2D eigenvalue weighted by Crippen LogP contribution is -2.45. The van der Waals surface area contributed by atoms with Crippen molar-refractivity contribution in [3.63, 3.8) is 0 Å². The summed E-state index contributed by atoms with van der Waals surface area (Å²) >= 11 is 1.75. The maximum absolute atomic E-state index is 13.9. The number of imidazole rings is 1. The molecular weight excluding hydrogens is 863 g/mol. The number of aryl methyl sites for hydroxylation is 1. The van der Waals surface area contributed by atoms with Crippen LogP contribution in [0.25, 0.3) is 11.0 Å². The second kappa shape index (κ2) is 19.9. The van der Waals surface area contributed by atoms with E-state index in [1.807, 2.05) is 44.6 Å². The lowest BCUT2D eigenvalue weighted by Gasteiger charge is -2.35. The maximum atomic E-state index is 13.9. The van der Waals surface area contributed by atoms with Gasteiger partial charge in [0.1, 0.15) is 32.8 Å². The Labute approximate surface area is 375 Å². The molecule has 5 aromatic rings. The molecule has 0 unspecified atom stereocenters. The van der Waals surface area contributed by atoms with Crippen LogP contribution in [0, 0.1) is 12.8 Å². The third-order valence-corrected chi connectivity index (χ3v) is 15.6. The molecule has 0 bridgehead atoms. The summed E-state index contributed by atoms with van der Waals surface area (Å²) < 4.78 is 79.8. The quantitative estimate of drug-likeness (QED) is 0.132. The molecule has 8 rings (SSSR count). The molecular formula is C47H59N3O10S3. The molecule has 340 valence electrons. The number of sulfonamides is 1. The van der Waals surface area contributed by atoms with E-state index in [0.29, 0.717) is 53.6 Å². The van der Waals surface area contributed by atoms with Gasteiger partial charge < -0.3 is 18.9 Å². The van der Waals surface area contributed by atoms with E-state index in [4.69, 9.17) is 18.9 Å². The van der Waals surface area contributed by atoms with E-state index in [-0.39, 0.29) is 33.2 Å². The van der Waals surface area contributed by atoms with Crippen LogP contribution in [-0.2, 0) is 30.3 Å². The summed E-state index contributed by atoms with van der Waals surface area (Å²) in [7, 11) is -4.02. The number of anilines is 1. The van der Waals surface area contributed by atoms with Crippen LogP contribution in [0.4, 0.5) is 5.69 Å². The van der Waals surface area contributed by atoms with Crippen LogP contribution in [0.2, 0.25) is 0 Å². The highest BCUT2D eigenvalue weighted by molar-refractivity contribution is 7.97. The van der Waals surface area contributed by atoms with Crippen molar-refractivity contribution in [2.75, 3.05) is 44.8 Å². The number of hydrogen-bond donors (Lipinski definition) is 0. The summed E-state index contributed by atoms with van der Waals surface area (Å²) in [6, 6.07) is 21.7. The van der Waals surface area contributed by atoms with Crippen molar-refractivity contribution < 1.29 is 40.6 Å². The average molecular weight is 922 g/mol. The van der Waals surface area contributed by atoms with E-state index in [0.717, 1.165) is 64.4 Å². The second-order valence-corrected chi connectivity index (χ2v) is 20.6. The van der Waals surface area contributed by atoms with Gasteiger partial charge >= 0.3 is 5.69 Å². The van der Waals surface area contributed by atoms with Gasteiger partial charge in [-0.3, -0.25) is 9.36 Å². The molecule has 1 aliphatic heterocycles. The van der Waals surface area contributed by atoms with Gasteiger partial charge in [-0.15, -0.1) is 0 Å². The van der Waals surface area contributed by atoms with E-state index in [1.54, 1.807) is 58.8 Å². The van der Waals surface area contributed by atoms with Crippen LogP contribution in [-0.4, -0.2) is 71.7 Å². The average Bonchev–Trinajstić information content (AvgIpc) is 3.72. The Morgan fingerprint density at radius 3 is 1.92 bits per heavy atom. The third-order valence-electron chi connectivity index (χ3n) is 12.1. The summed E-state index contributed by atoms with van der Waals surface area (Å²) in [6.07, 6.45) is 12.1. The number of benzene rings is 4. The first kappa shape index (κ1) is 47.5. The summed E-state index contributed by atoms with van der Waals surface area (Å²) in [6.45, 7) is 6.44. The van der Waals surface area contributed by atoms with E-state index in [1.165, 1.54) is 39.5 Å². The number of fused-ring (bicyclic) bond motifs is 3. The van der Waals surface area contributed by atoms with Gasteiger partial charge in [-0.05, 0) is 137 Å². The number of amides is 1. The SMILES string of the molecule is CCOc1ccc2c(c1)C1(CCC(C)CC1)C(=O)N2S(=O)(=O)c1ccc(C)cc1OC.COc1ccc(S(=O)(=O)n2c(=O)n(C3CCCCC3)c3ccccc32)c(OC)c1.CSC. The van der Waals surface area contributed by atoms with Gasteiger partial charge in [0.25, 0.3) is 26.0 Å². The van der Waals surface area contributed by atoms with Gasteiger partial charge in [0, 0.05) is 12.1 Å². The number of methoxy groups -OCH3 is 3. The summed E-state index contributed by atoms with van der Waals surface area (Å²) in [5.41, 5.74) is 1.70. The first-order chi connectivity index (χ1) is 30.1. The topological polar surface area (TPSA) is 152 Å². The first-order valence-electron chi connectivity index (χ1n) is 21.3. The van der Waals surface area contributed by atoms with Crippen LogP contribution in [0.1, 0.15) is 88.8 Å². The molecule has 1 spiro atoms. The van der Waals surface area contributed by atoms with Crippen LogP contribution < -0.4 is 28.9 Å². The van der Waals surface area contributed by atoms with Crippen molar-refractivity contribution in [3.8, 4) is 23.0 Å². The zero-order valence-corrected chi connectivity index (χ0v) is 39.8. The Morgan fingerprint density at radius 2 is 1.30 bits per heavy atom. The minimum absolute atomic E-state index is 0.00462. The number of hydrogen-bond acceptors (Lipinski definition) is 11. The van der Waals surface area contributed by atoms with Gasteiger partial charge in [-0.2, -0.15) is 15.7 Å². The van der Waals surface area contributed by atoms with Crippen LogP contribution >= 0.6 is 11.8 Å². The molecule has 13 nitrogen and oxygen atoms in total. The Morgan fingerprint density at radius 1 is 0.714 bits per heavy atom. The lowest BCUT2D eigenvalue weighted by atomic mass is 9.67. The highest BCUT2D eigenvalue weighted by Gasteiger charge is 2.56. The van der Waals surface area contributed by atoms with Crippen LogP contribution in [0.15, 0.2) is 93.4 Å². The summed E-state index contributed by atoms with van der Waals surface area (Å²) in [5, 5.41) is 0. The fourth-order valence-corrected chi connectivity index (χ4v) is 12.2. The normalized spacial score (nSPS) is 18.8. The van der Waals surface area contributed by atoms with Crippen molar-refractivity contribution >= 4 is 54.4 Å². The number of carbonyl (C=O) groups excluding carboxylic acids is 1. The predicted octanol–water partition coefficient (Wildman–Crippen LogP) is 9.13. The number of thioether (sulfide) groups is 1. The third kappa shape index (κ3) is 9.08. The number of nitrogens with zero attached hydrogens (tertiary/aromatic N) is 3. The van der Waals surface area contributed by atoms with E-state index >= 15 is 0 Å². The van der Waals surface area contributed by atoms with Gasteiger partial charge in [0.15, 0.2) is 0 Å². The number of rotatable bonds is 10. The Bertz CT molecular complexity index is 2710. The minimum Gasteiger partial charge on any atom is -0.497 e. The maximum Gasteiger partial charge on any atom is 0.343 e. The molecule has 0 saturated heterocycles. The molecule has 16 heteroatoms. The van der Waals surface area contributed by atoms with Crippen LogP contribution in [0.3, 0.4) is 0 Å². The van der Waals surface area contributed by atoms with Gasteiger partial charge in [-0.25, -0.2) is 25.9 Å². The predicted molar refractivity (Wildman–Crippen MR) is 249 cm³/mol. The van der Waals surface area contributed by atoms with E-state index in [2.05, 4.69) is 6.92 Å². The fourth-order valence-electron chi connectivity index (χ4n) is 8.97. The highest BCUT2D eigenvalue weighted by atomic mass is 32.2. The summed E-state index contributed by atoms with van der Waals surface area (Å²) in [4.78, 5) is 27.2. The first-order valence-corrected chi connectivity index (χ1v) is 25.8. The van der Waals surface area contributed by atoms with Gasteiger partial charge in [0.05, 0.1) is 50.1 Å². The van der Waals surface area contributed by atoms with Crippen molar-refractivity contribution in [2.45, 2.75) is 99.8 Å². The number of ether oxygens (including phenoxy) is 4. The smallest absolute Gasteiger partial charge is 0.343 e. The zero-order valence-electron chi connectivity index (χ0n) is 37.4. The summed E-state index contributed by atoms with van der Waals surface area (Å²) in [5.74, 6) is 1.63. The molecule has 63 heavy (non-hydrogen) atoms. The molecule has 0 N–H and O–H groups in total. The molecule has 2 heterocycles. The number of para-hydroxylation sites is 2. The van der Waals surface area contributed by atoms with Gasteiger partial charge in [-0.1, -0.05) is 44.4 Å². The largest absolute Gasteiger partial charge is 0.497 e. The molecule has 1 aromatic heterocycles. The molecule has 0 radical (unpaired) electrons.